The van der Waals surface area contributed by atoms with Gasteiger partial charge in [0.25, 0.3) is 0 Å². The number of nitriles is 1. The van der Waals surface area contributed by atoms with Crippen molar-refractivity contribution in [2.24, 2.45) is 10.4 Å². The van der Waals surface area contributed by atoms with E-state index < -0.39 is 11.6 Å². The molecule has 28 heavy (non-hydrogen) atoms. The Morgan fingerprint density at radius 2 is 1.57 bits per heavy atom. The summed E-state index contributed by atoms with van der Waals surface area (Å²) < 4.78 is 0. The summed E-state index contributed by atoms with van der Waals surface area (Å²) >= 11 is 0. The molecule has 0 radical (unpaired) electrons. The highest BCUT2D eigenvalue weighted by molar-refractivity contribution is 6.13. The van der Waals surface area contributed by atoms with Gasteiger partial charge in [-0.3, -0.25) is 4.99 Å². The molecule has 2 aromatic rings. The molecule has 0 aromatic heterocycles. The van der Waals surface area contributed by atoms with Crippen molar-refractivity contribution in [3.63, 3.8) is 0 Å². The second-order valence-corrected chi connectivity index (χ2v) is 8.74. The lowest BCUT2D eigenvalue weighted by Crippen LogP contribution is -2.34. The highest BCUT2D eigenvalue weighted by Gasteiger charge is 2.35. The summed E-state index contributed by atoms with van der Waals surface area (Å²) in [5.74, 6) is 0. The van der Waals surface area contributed by atoms with Crippen molar-refractivity contribution in [2.75, 3.05) is 0 Å². The summed E-state index contributed by atoms with van der Waals surface area (Å²) in [6.07, 6.45) is 4.08. The molecule has 1 N–H and O–H groups in total. The van der Waals surface area contributed by atoms with Gasteiger partial charge in [0.2, 0.25) is 0 Å². The average Bonchev–Trinajstić information content (AvgIpc) is 2.64. The molecule has 0 aliphatic heterocycles. The number of aliphatic hydroxyl groups is 1. The van der Waals surface area contributed by atoms with Crippen molar-refractivity contribution in [3.8, 4) is 6.07 Å². The fraction of sp³-hybridized carbons (Fsp3) is 0.360. The molecular formula is C25H28N2O. The molecule has 0 saturated carbocycles. The third-order valence-electron chi connectivity index (χ3n) is 5.04. The van der Waals surface area contributed by atoms with E-state index in [2.05, 4.69) is 19.9 Å². The zero-order valence-corrected chi connectivity index (χ0v) is 16.9. The molecule has 0 heterocycles. The number of hydrogen-bond acceptors (Lipinski definition) is 3. The Bertz CT molecular complexity index is 861. The van der Waals surface area contributed by atoms with Gasteiger partial charge in [-0.1, -0.05) is 86.2 Å². The van der Waals surface area contributed by atoms with Gasteiger partial charge in [0, 0.05) is 17.5 Å². The lowest BCUT2D eigenvalue weighted by molar-refractivity contribution is 0.0469. The largest absolute Gasteiger partial charge is 0.386 e. The highest BCUT2D eigenvalue weighted by Crippen LogP contribution is 2.41. The monoisotopic (exact) mass is 372 g/mol. The topological polar surface area (TPSA) is 56.4 Å². The smallest absolute Gasteiger partial charge is 0.141 e. The molecule has 3 heteroatoms. The van der Waals surface area contributed by atoms with Gasteiger partial charge >= 0.3 is 0 Å². The summed E-state index contributed by atoms with van der Waals surface area (Å²) in [5.41, 5.74) is 3.12. The van der Waals surface area contributed by atoms with Crippen LogP contribution in [0.5, 0.6) is 0 Å². The fourth-order valence-corrected chi connectivity index (χ4v) is 4.35. The van der Waals surface area contributed by atoms with Crippen LogP contribution in [0.25, 0.3) is 0 Å². The Morgan fingerprint density at radius 3 is 2.04 bits per heavy atom. The zero-order valence-electron chi connectivity index (χ0n) is 16.9. The Balaban J connectivity index is 1.95. The van der Waals surface area contributed by atoms with Crippen LogP contribution in [0.3, 0.4) is 0 Å². The summed E-state index contributed by atoms with van der Waals surface area (Å²) in [4.78, 5) is 4.86. The fourth-order valence-electron chi connectivity index (χ4n) is 4.35. The van der Waals surface area contributed by atoms with E-state index in [1.54, 1.807) is 0 Å². The predicted molar refractivity (Wildman–Crippen MR) is 114 cm³/mol. The standard InChI is InChI=1S/C25H28N2O/c1-24(2)15-19(16-25(3,28)18-24)14-22(17-26)27-23(20-10-6-4-7-11-20)21-12-8-5-9-13-21/h4-13,16,22,28H,14-15,18H2,1-3H3/t22-,25+/m0/s1. The maximum absolute atomic E-state index is 10.6. The number of nitrogens with zero attached hydrogens (tertiary/aromatic N) is 2. The van der Waals surface area contributed by atoms with Crippen molar-refractivity contribution in [1.29, 1.82) is 5.26 Å². The molecule has 0 amide bonds. The molecule has 1 aliphatic carbocycles. The van der Waals surface area contributed by atoms with Gasteiger partial charge in [0.1, 0.15) is 6.04 Å². The number of benzene rings is 2. The number of aliphatic imine (C=N–C) groups is 1. The average molecular weight is 373 g/mol. The molecule has 3 nitrogen and oxygen atoms in total. The lowest BCUT2D eigenvalue weighted by atomic mass is 9.70. The van der Waals surface area contributed by atoms with Crippen LogP contribution in [0.1, 0.15) is 51.2 Å². The van der Waals surface area contributed by atoms with Gasteiger partial charge in [-0.25, -0.2) is 0 Å². The summed E-state index contributed by atoms with van der Waals surface area (Å²) in [5, 5.41) is 20.4. The van der Waals surface area contributed by atoms with Crippen LogP contribution in [0.4, 0.5) is 0 Å². The molecule has 0 fully saturated rings. The van der Waals surface area contributed by atoms with E-state index in [9.17, 15) is 10.4 Å². The van der Waals surface area contributed by atoms with E-state index in [4.69, 9.17) is 4.99 Å². The van der Waals surface area contributed by atoms with Crippen molar-refractivity contribution in [3.05, 3.63) is 83.4 Å². The first-order valence-corrected chi connectivity index (χ1v) is 9.79. The van der Waals surface area contributed by atoms with Gasteiger partial charge < -0.3 is 5.11 Å². The van der Waals surface area contributed by atoms with E-state index in [1.807, 2.05) is 73.7 Å². The number of rotatable bonds is 5. The van der Waals surface area contributed by atoms with E-state index in [0.29, 0.717) is 6.42 Å². The van der Waals surface area contributed by atoms with Crippen LogP contribution in [0.2, 0.25) is 0 Å². The zero-order chi connectivity index (χ0) is 20.2. The second-order valence-electron chi connectivity index (χ2n) is 8.74. The van der Waals surface area contributed by atoms with Crippen LogP contribution >= 0.6 is 0 Å². The van der Waals surface area contributed by atoms with Crippen LogP contribution in [0, 0.1) is 16.7 Å². The molecule has 1 aliphatic rings. The van der Waals surface area contributed by atoms with Gasteiger partial charge in [0.15, 0.2) is 0 Å². The molecule has 0 spiro atoms. The SMILES string of the molecule is CC1(C)CC(C[C@@H](C#N)N=C(c2ccccc2)c2ccccc2)=C[C@@](C)(O)C1. The first kappa shape index (κ1) is 20.0. The van der Waals surface area contributed by atoms with E-state index in [0.717, 1.165) is 35.3 Å². The second kappa shape index (κ2) is 8.12. The maximum Gasteiger partial charge on any atom is 0.141 e. The third kappa shape index (κ3) is 5.18. The van der Waals surface area contributed by atoms with Crippen LogP contribution in [-0.4, -0.2) is 22.5 Å². The minimum Gasteiger partial charge on any atom is -0.386 e. The normalized spacial score (nSPS) is 21.9. The molecule has 2 atom stereocenters. The van der Waals surface area contributed by atoms with E-state index >= 15 is 0 Å². The van der Waals surface area contributed by atoms with Crippen molar-refractivity contribution >= 4 is 5.71 Å². The molecule has 0 saturated heterocycles. The van der Waals surface area contributed by atoms with Crippen LogP contribution in [0.15, 0.2) is 77.3 Å². The molecule has 0 unspecified atom stereocenters. The van der Waals surface area contributed by atoms with Crippen molar-refractivity contribution in [2.45, 2.75) is 51.7 Å². The van der Waals surface area contributed by atoms with Gasteiger partial charge in [-0.2, -0.15) is 5.26 Å². The highest BCUT2D eigenvalue weighted by atomic mass is 16.3. The Morgan fingerprint density at radius 1 is 1.04 bits per heavy atom. The molecular weight excluding hydrogens is 344 g/mol. The third-order valence-corrected chi connectivity index (χ3v) is 5.04. The van der Waals surface area contributed by atoms with E-state index in [-0.39, 0.29) is 5.41 Å². The molecule has 3 rings (SSSR count). The molecule has 144 valence electrons. The van der Waals surface area contributed by atoms with Gasteiger partial charge in [0.05, 0.1) is 17.4 Å². The summed E-state index contributed by atoms with van der Waals surface area (Å²) in [7, 11) is 0. The van der Waals surface area contributed by atoms with Crippen LogP contribution in [-0.2, 0) is 0 Å². The maximum atomic E-state index is 10.6. The van der Waals surface area contributed by atoms with Crippen molar-refractivity contribution < 1.29 is 5.11 Å². The van der Waals surface area contributed by atoms with Crippen molar-refractivity contribution in [1.82, 2.24) is 0 Å². The molecule has 2 aromatic carbocycles. The van der Waals surface area contributed by atoms with Crippen LogP contribution < -0.4 is 0 Å². The van der Waals surface area contributed by atoms with Gasteiger partial charge in [-0.15, -0.1) is 0 Å². The van der Waals surface area contributed by atoms with Gasteiger partial charge in [-0.05, 0) is 25.2 Å². The Kier molecular flexibility index (Phi) is 5.82. The van der Waals surface area contributed by atoms with E-state index in [1.165, 1.54) is 0 Å². The number of hydrogen-bond donors (Lipinski definition) is 1. The first-order chi connectivity index (χ1) is 13.3. The minimum atomic E-state index is -0.831. The Labute approximate surface area is 168 Å². The Hall–Kier alpha value is -2.70. The minimum absolute atomic E-state index is 0.0129. The quantitative estimate of drug-likeness (QED) is 0.572. The predicted octanol–water partition coefficient (Wildman–Crippen LogP) is 5.30. The lowest BCUT2D eigenvalue weighted by Gasteiger charge is -2.38. The first-order valence-electron chi connectivity index (χ1n) is 9.79. The summed E-state index contributed by atoms with van der Waals surface area (Å²) in [6.45, 7) is 6.18. The molecule has 0 bridgehead atoms. The summed E-state index contributed by atoms with van der Waals surface area (Å²) in [6, 6.07) is 21.9.